The molecule has 1 N–H and O–H groups in total. The van der Waals surface area contributed by atoms with Crippen LogP contribution in [0.4, 0.5) is 0 Å². The number of halogens is 1. The Labute approximate surface area is 94.5 Å². The first kappa shape index (κ1) is 9.27. The van der Waals surface area contributed by atoms with Crippen LogP contribution < -0.4 is 0 Å². The molecule has 3 heteroatoms. The van der Waals surface area contributed by atoms with Gasteiger partial charge in [-0.2, -0.15) is 0 Å². The van der Waals surface area contributed by atoms with Gasteiger partial charge in [0.05, 0.1) is 3.57 Å². The van der Waals surface area contributed by atoms with Gasteiger partial charge in [0, 0.05) is 10.1 Å². The summed E-state index contributed by atoms with van der Waals surface area (Å²) >= 11 is 3.86. The smallest absolute Gasteiger partial charge is 0.137 e. The van der Waals surface area contributed by atoms with Crippen LogP contribution in [0.2, 0.25) is 0 Å². The summed E-state index contributed by atoms with van der Waals surface area (Å²) in [6, 6.07) is 4.02. The lowest BCUT2D eigenvalue weighted by molar-refractivity contribution is 0.478. The molecule has 0 saturated carbocycles. The summed E-state index contributed by atoms with van der Waals surface area (Å²) in [5.41, 5.74) is 1.25. The summed E-state index contributed by atoms with van der Waals surface area (Å²) in [6.45, 7) is 2.11. The van der Waals surface area contributed by atoms with Crippen LogP contribution in [-0.4, -0.2) is 5.11 Å². The van der Waals surface area contributed by atoms with Gasteiger partial charge in [-0.3, -0.25) is 0 Å². The van der Waals surface area contributed by atoms with Gasteiger partial charge in [-0.15, -0.1) is 11.3 Å². The molecule has 0 atom stereocenters. The van der Waals surface area contributed by atoms with Crippen molar-refractivity contribution < 1.29 is 5.11 Å². The maximum absolute atomic E-state index is 9.86. The Kier molecular flexibility index (Phi) is 2.47. The Morgan fingerprint density at radius 3 is 2.92 bits per heavy atom. The van der Waals surface area contributed by atoms with Crippen molar-refractivity contribution in [1.82, 2.24) is 0 Å². The standard InChI is InChI=1S/C10H9IOS/c1-2-6-5-13-8-4-3-7(11)10(12)9(6)8/h3-5,12H,2H2,1H3. The van der Waals surface area contributed by atoms with Crippen molar-refractivity contribution in [3.05, 3.63) is 26.6 Å². The van der Waals surface area contributed by atoms with E-state index in [4.69, 9.17) is 0 Å². The normalized spacial score (nSPS) is 10.9. The van der Waals surface area contributed by atoms with Crippen LogP contribution in [0.15, 0.2) is 17.5 Å². The third kappa shape index (κ3) is 1.44. The van der Waals surface area contributed by atoms with Crippen molar-refractivity contribution in [2.24, 2.45) is 0 Å². The first-order valence-corrected chi connectivity index (χ1v) is 6.07. The fourth-order valence-electron chi connectivity index (χ4n) is 1.41. The summed E-state index contributed by atoms with van der Waals surface area (Å²) in [6.07, 6.45) is 0.980. The van der Waals surface area contributed by atoms with E-state index in [-0.39, 0.29) is 0 Å². The molecular weight excluding hydrogens is 295 g/mol. The van der Waals surface area contributed by atoms with Crippen molar-refractivity contribution in [3.8, 4) is 5.75 Å². The van der Waals surface area contributed by atoms with E-state index in [2.05, 4.69) is 41.0 Å². The zero-order valence-electron chi connectivity index (χ0n) is 7.17. The molecule has 1 aromatic heterocycles. The minimum absolute atomic E-state index is 0.441. The lowest BCUT2D eigenvalue weighted by atomic mass is 10.1. The molecule has 0 bridgehead atoms. The first-order valence-electron chi connectivity index (χ1n) is 4.11. The average Bonchev–Trinajstić information content (AvgIpc) is 2.55. The third-order valence-electron chi connectivity index (χ3n) is 2.12. The van der Waals surface area contributed by atoms with Crippen LogP contribution >= 0.6 is 33.9 Å². The van der Waals surface area contributed by atoms with Gasteiger partial charge in [0.25, 0.3) is 0 Å². The number of benzene rings is 1. The van der Waals surface area contributed by atoms with E-state index in [0.717, 1.165) is 15.4 Å². The third-order valence-corrected chi connectivity index (χ3v) is 3.99. The number of thiophene rings is 1. The largest absolute Gasteiger partial charge is 0.506 e. The van der Waals surface area contributed by atoms with Gasteiger partial charge in [0.2, 0.25) is 0 Å². The van der Waals surface area contributed by atoms with Crippen LogP contribution in [0.5, 0.6) is 5.75 Å². The highest BCUT2D eigenvalue weighted by Gasteiger charge is 2.09. The molecule has 0 spiro atoms. The predicted molar refractivity (Wildman–Crippen MR) is 65.6 cm³/mol. The average molecular weight is 304 g/mol. The Morgan fingerprint density at radius 1 is 1.46 bits per heavy atom. The molecule has 2 aromatic rings. The molecular formula is C10H9IOS. The number of phenols is 1. The second kappa shape index (κ2) is 3.46. The molecule has 68 valence electrons. The van der Waals surface area contributed by atoms with E-state index in [1.165, 1.54) is 10.3 Å². The number of fused-ring (bicyclic) bond motifs is 1. The van der Waals surface area contributed by atoms with Crippen LogP contribution in [0.25, 0.3) is 10.1 Å². The minimum Gasteiger partial charge on any atom is -0.506 e. The summed E-state index contributed by atoms with van der Waals surface area (Å²) in [7, 11) is 0. The number of phenolic OH excluding ortho intramolecular Hbond substituents is 1. The zero-order valence-corrected chi connectivity index (χ0v) is 10.1. The minimum atomic E-state index is 0.441. The van der Waals surface area contributed by atoms with Gasteiger partial charge >= 0.3 is 0 Å². The quantitative estimate of drug-likeness (QED) is 0.795. The van der Waals surface area contributed by atoms with E-state index >= 15 is 0 Å². The molecule has 0 amide bonds. The molecule has 0 aliphatic rings. The Morgan fingerprint density at radius 2 is 2.23 bits per heavy atom. The number of aryl methyl sites for hydroxylation is 1. The van der Waals surface area contributed by atoms with Crippen molar-refractivity contribution in [2.75, 3.05) is 0 Å². The topological polar surface area (TPSA) is 20.2 Å². The van der Waals surface area contributed by atoms with Crippen molar-refractivity contribution >= 4 is 44.0 Å². The van der Waals surface area contributed by atoms with E-state index in [1.54, 1.807) is 11.3 Å². The molecule has 1 nitrogen and oxygen atoms in total. The van der Waals surface area contributed by atoms with Gasteiger partial charge in [-0.25, -0.2) is 0 Å². The molecule has 0 aliphatic carbocycles. The fourth-order valence-corrected chi connectivity index (χ4v) is 2.90. The Balaban J connectivity index is 2.85. The molecule has 0 aliphatic heterocycles. The SMILES string of the molecule is CCc1csc2ccc(I)c(O)c12. The van der Waals surface area contributed by atoms with Gasteiger partial charge < -0.3 is 5.11 Å². The number of hydrogen-bond donors (Lipinski definition) is 1. The summed E-state index contributed by atoms with van der Waals surface area (Å²) in [4.78, 5) is 0. The second-order valence-electron chi connectivity index (χ2n) is 2.88. The summed E-state index contributed by atoms with van der Waals surface area (Å²) in [5.74, 6) is 0.441. The molecule has 0 saturated heterocycles. The zero-order chi connectivity index (χ0) is 9.42. The van der Waals surface area contributed by atoms with E-state index in [1.807, 2.05) is 6.07 Å². The highest BCUT2D eigenvalue weighted by Crippen LogP contribution is 2.36. The maximum atomic E-state index is 9.86. The molecule has 13 heavy (non-hydrogen) atoms. The molecule has 0 fully saturated rings. The maximum Gasteiger partial charge on any atom is 0.137 e. The monoisotopic (exact) mass is 304 g/mol. The molecule has 1 heterocycles. The number of rotatable bonds is 1. The highest BCUT2D eigenvalue weighted by molar-refractivity contribution is 14.1. The van der Waals surface area contributed by atoms with Crippen molar-refractivity contribution in [1.29, 1.82) is 0 Å². The van der Waals surface area contributed by atoms with Gasteiger partial charge in [-0.1, -0.05) is 6.92 Å². The molecule has 0 radical (unpaired) electrons. The van der Waals surface area contributed by atoms with E-state index < -0.39 is 0 Å². The Hall–Kier alpha value is -0.290. The van der Waals surface area contributed by atoms with Crippen molar-refractivity contribution in [3.63, 3.8) is 0 Å². The molecule has 0 unspecified atom stereocenters. The van der Waals surface area contributed by atoms with Gasteiger partial charge in [-0.05, 0) is 52.1 Å². The number of hydrogen-bond acceptors (Lipinski definition) is 2. The van der Waals surface area contributed by atoms with Crippen LogP contribution in [0.3, 0.4) is 0 Å². The predicted octanol–water partition coefficient (Wildman–Crippen LogP) is 3.77. The summed E-state index contributed by atoms with van der Waals surface area (Å²) in [5, 5.41) is 13.0. The van der Waals surface area contributed by atoms with E-state index in [9.17, 15) is 5.11 Å². The van der Waals surface area contributed by atoms with Crippen LogP contribution in [0, 0.1) is 3.57 Å². The highest BCUT2D eigenvalue weighted by atomic mass is 127. The van der Waals surface area contributed by atoms with Crippen LogP contribution in [0.1, 0.15) is 12.5 Å². The second-order valence-corrected chi connectivity index (χ2v) is 4.96. The fraction of sp³-hybridized carbons (Fsp3) is 0.200. The van der Waals surface area contributed by atoms with Gasteiger partial charge in [0.15, 0.2) is 0 Å². The molecule has 1 aromatic carbocycles. The van der Waals surface area contributed by atoms with Crippen LogP contribution in [-0.2, 0) is 6.42 Å². The molecule has 2 rings (SSSR count). The summed E-state index contributed by atoms with van der Waals surface area (Å²) < 4.78 is 2.10. The number of aromatic hydroxyl groups is 1. The van der Waals surface area contributed by atoms with Gasteiger partial charge in [0.1, 0.15) is 5.75 Å². The van der Waals surface area contributed by atoms with Crippen molar-refractivity contribution in [2.45, 2.75) is 13.3 Å². The first-order chi connectivity index (χ1) is 6.24. The lowest BCUT2D eigenvalue weighted by Crippen LogP contribution is -1.79. The lowest BCUT2D eigenvalue weighted by Gasteiger charge is -2.00. The Bertz CT molecular complexity index is 447. The van der Waals surface area contributed by atoms with E-state index in [0.29, 0.717) is 5.75 Å².